The van der Waals surface area contributed by atoms with Gasteiger partial charge in [-0.15, -0.1) is 24.0 Å². The molecule has 1 heterocycles. The van der Waals surface area contributed by atoms with Crippen LogP contribution in [0.15, 0.2) is 4.99 Å². The minimum absolute atomic E-state index is 0. The van der Waals surface area contributed by atoms with E-state index in [0.29, 0.717) is 12.0 Å². The van der Waals surface area contributed by atoms with E-state index >= 15 is 0 Å². The lowest BCUT2D eigenvalue weighted by molar-refractivity contribution is 0.00752. The Hall–Kier alpha value is -0.120. The van der Waals surface area contributed by atoms with Crippen molar-refractivity contribution in [3.8, 4) is 0 Å². The van der Waals surface area contributed by atoms with E-state index in [4.69, 9.17) is 4.74 Å². The van der Waals surface area contributed by atoms with E-state index in [0.717, 1.165) is 51.9 Å². The van der Waals surface area contributed by atoms with Crippen LogP contribution < -0.4 is 16.0 Å². The Bertz CT molecular complexity index is 351. The van der Waals surface area contributed by atoms with Crippen molar-refractivity contribution < 1.29 is 4.74 Å². The fourth-order valence-corrected chi connectivity index (χ4v) is 2.74. The summed E-state index contributed by atoms with van der Waals surface area (Å²) in [5, 5.41) is 10.3. The first-order valence-electron chi connectivity index (χ1n) is 8.85. The number of guanidine groups is 1. The second-order valence-corrected chi connectivity index (χ2v) is 7.52. The van der Waals surface area contributed by atoms with Gasteiger partial charge in [0.05, 0.1) is 13.2 Å². The lowest BCUT2D eigenvalue weighted by Gasteiger charge is -2.37. The van der Waals surface area contributed by atoms with Gasteiger partial charge in [0.2, 0.25) is 0 Å². The summed E-state index contributed by atoms with van der Waals surface area (Å²) >= 11 is 0. The molecule has 0 bridgehead atoms. The van der Waals surface area contributed by atoms with Crippen molar-refractivity contribution in [2.75, 3.05) is 53.0 Å². The van der Waals surface area contributed by atoms with E-state index in [1.165, 1.54) is 0 Å². The van der Waals surface area contributed by atoms with E-state index in [1.807, 2.05) is 7.05 Å². The molecule has 1 fully saturated rings. The second kappa shape index (κ2) is 12.3. The van der Waals surface area contributed by atoms with Crippen LogP contribution in [-0.4, -0.2) is 75.4 Å². The van der Waals surface area contributed by atoms with E-state index in [2.05, 4.69) is 60.5 Å². The topological polar surface area (TPSA) is 60.9 Å². The third-order valence-corrected chi connectivity index (χ3v) is 4.06. The highest BCUT2D eigenvalue weighted by Crippen LogP contribution is 2.12. The molecule has 0 aromatic heterocycles. The molecule has 1 unspecified atom stereocenters. The molecule has 0 aromatic carbocycles. The van der Waals surface area contributed by atoms with Crippen molar-refractivity contribution in [2.24, 2.45) is 10.9 Å². The molecule has 3 N–H and O–H groups in total. The van der Waals surface area contributed by atoms with Gasteiger partial charge in [0.15, 0.2) is 5.96 Å². The highest BCUT2D eigenvalue weighted by molar-refractivity contribution is 14.0. The van der Waals surface area contributed by atoms with Gasteiger partial charge in [-0.3, -0.25) is 9.89 Å². The average molecular weight is 455 g/mol. The molecule has 1 rings (SSSR count). The van der Waals surface area contributed by atoms with Crippen LogP contribution in [-0.2, 0) is 4.74 Å². The number of nitrogens with one attached hydrogen (secondary N) is 3. The Morgan fingerprint density at radius 2 is 1.75 bits per heavy atom. The molecule has 1 atom stereocenters. The van der Waals surface area contributed by atoms with E-state index < -0.39 is 0 Å². The van der Waals surface area contributed by atoms with Crippen LogP contribution in [0.2, 0.25) is 0 Å². The molecule has 0 aliphatic carbocycles. The normalized spacial score (nSPS) is 18.2. The van der Waals surface area contributed by atoms with Crippen LogP contribution in [0, 0.1) is 5.92 Å². The number of morpholine rings is 1. The number of ether oxygens (including phenoxy) is 1. The molecular formula is C17H38IN5O. The standard InChI is InChI=1S/C17H37N5O.HI/c1-14(2)15(22-9-11-23-12-10-22)13-20-16(18-6)19-7-8-21-17(3,4)5;/h14-15,21H,7-13H2,1-6H3,(H2,18,19,20);1H. The van der Waals surface area contributed by atoms with Crippen molar-refractivity contribution in [1.82, 2.24) is 20.9 Å². The number of hydrogen-bond donors (Lipinski definition) is 3. The number of nitrogens with zero attached hydrogens (tertiary/aromatic N) is 2. The Labute approximate surface area is 165 Å². The van der Waals surface area contributed by atoms with Gasteiger partial charge in [-0.25, -0.2) is 0 Å². The number of aliphatic imine (C=N–C) groups is 1. The van der Waals surface area contributed by atoms with Gasteiger partial charge in [-0.2, -0.15) is 0 Å². The van der Waals surface area contributed by atoms with Crippen LogP contribution in [0.3, 0.4) is 0 Å². The fraction of sp³-hybridized carbons (Fsp3) is 0.941. The largest absolute Gasteiger partial charge is 0.379 e. The van der Waals surface area contributed by atoms with E-state index in [1.54, 1.807) is 0 Å². The smallest absolute Gasteiger partial charge is 0.191 e. The second-order valence-electron chi connectivity index (χ2n) is 7.52. The van der Waals surface area contributed by atoms with Gasteiger partial charge in [-0.05, 0) is 26.7 Å². The zero-order valence-corrected chi connectivity index (χ0v) is 18.6. The summed E-state index contributed by atoms with van der Waals surface area (Å²) in [5.74, 6) is 1.47. The first-order chi connectivity index (χ1) is 10.8. The fourth-order valence-electron chi connectivity index (χ4n) is 2.74. The highest BCUT2D eigenvalue weighted by atomic mass is 127. The summed E-state index contributed by atoms with van der Waals surface area (Å²) in [6, 6.07) is 0.505. The Morgan fingerprint density at radius 1 is 1.12 bits per heavy atom. The summed E-state index contributed by atoms with van der Waals surface area (Å²) < 4.78 is 5.46. The summed E-state index contributed by atoms with van der Waals surface area (Å²) in [4.78, 5) is 6.85. The van der Waals surface area contributed by atoms with E-state index in [-0.39, 0.29) is 29.5 Å². The molecule has 0 spiro atoms. The van der Waals surface area contributed by atoms with Crippen LogP contribution in [0.25, 0.3) is 0 Å². The number of rotatable bonds is 7. The summed E-state index contributed by atoms with van der Waals surface area (Å²) in [7, 11) is 1.83. The van der Waals surface area contributed by atoms with Crippen molar-refractivity contribution in [1.29, 1.82) is 0 Å². The maximum atomic E-state index is 5.46. The first kappa shape index (κ1) is 23.9. The zero-order chi connectivity index (χ0) is 17.3. The van der Waals surface area contributed by atoms with Gasteiger partial charge in [0, 0.05) is 51.4 Å². The molecule has 24 heavy (non-hydrogen) atoms. The average Bonchev–Trinajstić information content (AvgIpc) is 2.49. The lowest BCUT2D eigenvalue weighted by atomic mass is 10.0. The molecule has 1 aliphatic rings. The summed E-state index contributed by atoms with van der Waals surface area (Å²) in [5.41, 5.74) is 0.150. The Balaban J connectivity index is 0.00000529. The Kier molecular flexibility index (Phi) is 12.2. The van der Waals surface area contributed by atoms with Gasteiger partial charge in [-0.1, -0.05) is 13.8 Å². The summed E-state index contributed by atoms with van der Waals surface area (Å²) in [6.07, 6.45) is 0. The van der Waals surface area contributed by atoms with Crippen LogP contribution >= 0.6 is 24.0 Å². The molecule has 6 nitrogen and oxygen atoms in total. The molecule has 1 aliphatic heterocycles. The minimum atomic E-state index is 0. The maximum Gasteiger partial charge on any atom is 0.191 e. The third kappa shape index (κ3) is 10.0. The van der Waals surface area contributed by atoms with Crippen LogP contribution in [0.5, 0.6) is 0 Å². The molecule has 0 radical (unpaired) electrons. The van der Waals surface area contributed by atoms with Crippen molar-refractivity contribution >= 4 is 29.9 Å². The minimum Gasteiger partial charge on any atom is -0.379 e. The molecule has 1 saturated heterocycles. The molecule has 0 saturated carbocycles. The Morgan fingerprint density at radius 3 is 2.25 bits per heavy atom. The monoisotopic (exact) mass is 455 g/mol. The molecule has 0 aromatic rings. The van der Waals surface area contributed by atoms with Crippen LogP contribution in [0.1, 0.15) is 34.6 Å². The van der Waals surface area contributed by atoms with Gasteiger partial charge >= 0.3 is 0 Å². The van der Waals surface area contributed by atoms with E-state index in [9.17, 15) is 0 Å². The summed E-state index contributed by atoms with van der Waals surface area (Å²) in [6.45, 7) is 17.5. The number of halogens is 1. The van der Waals surface area contributed by atoms with Gasteiger partial charge in [0.25, 0.3) is 0 Å². The highest BCUT2D eigenvalue weighted by Gasteiger charge is 2.23. The molecule has 7 heteroatoms. The lowest BCUT2D eigenvalue weighted by Crippen LogP contribution is -2.53. The predicted molar refractivity (Wildman–Crippen MR) is 114 cm³/mol. The first-order valence-corrected chi connectivity index (χ1v) is 8.85. The van der Waals surface area contributed by atoms with Crippen molar-refractivity contribution in [3.05, 3.63) is 0 Å². The third-order valence-electron chi connectivity index (χ3n) is 4.06. The quantitative estimate of drug-likeness (QED) is 0.235. The molecule has 0 amide bonds. The molecule has 144 valence electrons. The predicted octanol–water partition coefficient (Wildman–Crippen LogP) is 1.51. The maximum absolute atomic E-state index is 5.46. The SMILES string of the molecule is CN=C(NCCNC(C)(C)C)NCC(C(C)C)N1CCOCC1.I. The van der Waals surface area contributed by atoms with Gasteiger partial charge in [0.1, 0.15) is 0 Å². The van der Waals surface area contributed by atoms with Gasteiger partial charge < -0.3 is 20.7 Å². The number of hydrogen-bond acceptors (Lipinski definition) is 4. The molecular weight excluding hydrogens is 417 g/mol. The zero-order valence-electron chi connectivity index (χ0n) is 16.3. The van der Waals surface area contributed by atoms with Crippen LogP contribution in [0.4, 0.5) is 0 Å². The van der Waals surface area contributed by atoms with Crippen molar-refractivity contribution in [3.63, 3.8) is 0 Å². The van der Waals surface area contributed by atoms with Crippen molar-refractivity contribution in [2.45, 2.75) is 46.2 Å².